The van der Waals surface area contributed by atoms with E-state index in [1.807, 2.05) is 20.8 Å². The zero-order chi connectivity index (χ0) is 22.6. The summed E-state index contributed by atoms with van der Waals surface area (Å²) in [4.78, 5) is 51.9. The second kappa shape index (κ2) is 7.62. The van der Waals surface area contributed by atoms with Crippen LogP contribution in [-0.4, -0.2) is 53.1 Å². The molecular formula is C22H36N4O4. The molecule has 0 aromatic rings. The van der Waals surface area contributed by atoms with Crippen LogP contribution in [0.25, 0.3) is 0 Å². The number of nitrogens with zero attached hydrogens (tertiary/aromatic N) is 1. The van der Waals surface area contributed by atoms with Gasteiger partial charge in [0.15, 0.2) is 0 Å². The van der Waals surface area contributed by atoms with Gasteiger partial charge < -0.3 is 21.7 Å². The number of nitrogens with two attached hydrogens (primary N) is 2. The number of hydrogen-bond acceptors (Lipinski definition) is 5. The Labute approximate surface area is 178 Å². The summed E-state index contributed by atoms with van der Waals surface area (Å²) >= 11 is 0. The average Bonchev–Trinajstić information content (AvgIpc) is 2.95. The molecular weight excluding hydrogens is 384 g/mol. The fraction of sp³-hybridized carbons (Fsp3) is 0.818. The molecule has 3 fully saturated rings. The third-order valence-electron chi connectivity index (χ3n) is 7.63. The summed E-state index contributed by atoms with van der Waals surface area (Å²) in [7, 11) is 0. The van der Waals surface area contributed by atoms with Crippen molar-refractivity contribution >= 4 is 23.5 Å². The number of primary amides is 1. The molecule has 1 heterocycles. The molecule has 5 atom stereocenters. The van der Waals surface area contributed by atoms with E-state index in [1.165, 1.54) is 0 Å². The lowest BCUT2D eigenvalue weighted by atomic mass is 9.80. The highest BCUT2D eigenvalue weighted by molar-refractivity contribution is 6.37. The molecule has 5 N–H and O–H groups in total. The van der Waals surface area contributed by atoms with E-state index in [9.17, 15) is 19.2 Å². The van der Waals surface area contributed by atoms with Crippen LogP contribution in [-0.2, 0) is 19.2 Å². The highest BCUT2D eigenvalue weighted by Gasteiger charge is 2.69. The first-order valence-corrected chi connectivity index (χ1v) is 11.0. The van der Waals surface area contributed by atoms with Crippen LogP contribution in [0.1, 0.15) is 60.3 Å². The molecule has 1 saturated heterocycles. The lowest BCUT2D eigenvalue weighted by Crippen LogP contribution is -2.59. The quantitative estimate of drug-likeness (QED) is 0.518. The zero-order valence-electron chi connectivity index (χ0n) is 18.7. The predicted molar refractivity (Wildman–Crippen MR) is 112 cm³/mol. The molecule has 0 spiro atoms. The number of hydrogen-bond donors (Lipinski definition) is 3. The number of fused-ring (bicyclic) bond motifs is 1. The number of carbonyl (C=O) groups is 4. The summed E-state index contributed by atoms with van der Waals surface area (Å²) in [6.45, 7) is 10.3. The lowest BCUT2D eigenvalue weighted by Gasteiger charge is -2.36. The van der Waals surface area contributed by atoms with E-state index < -0.39 is 35.2 Å². The Balaban J connectivity index is 1.79. The second-order valence-electron chi connectivity index (χ2n) is 11.1. The van der Waals surface area contributed by atoms with Gasteiger partial charge in [-0.15, -0.1) is 0 Å². The van der Waals surface area contributed by atoms with Gasteiger partial charge in [-0.2, -0.15) is 0 Å². The highest BCUT2D eigenvalue weighted by atomic mass is 16.2. The second-order valence-corrected chi connectivity index (χ2v) is 11.1. The van der Waals surface area contributed by atoms with Crippen molar-refractivity contribution in [1.29, 1.82) is 0 Å². The van der Waals surface area contributed by atoms with Crippen LogP contribution in [0.15, 0.2) is 0 Å². The molecule has 2 saturated carbocycles. The fourth-order valence-corrected chi connectivity index (χ4v) is 5.08. The standard InChI is InChI=1S/C22H36N4O4/c1-21(2,3)17(23)20(30)26-10-12-14(22(12,4)5)15(26)19(29)25-13(16(27)18(24)28)9-11-7-6-8-11/h11-15,17H,6-10,23H2,1-5H3,(H2,24,28)(H,25,29)/t12-,13?,14-,15-,17+/m0/s1. The summed E-state index contributed by atoms with van der Waals surface area (Å²) in [5.74, 6) is -1.91. The molecule has 0 aromatic heterocycles. The van der Waals surface area contributed by atoms with Gasteiger partial charge in [0.05, 0.1) is 12.1 Å². The molecule has 3 rings (SSSR count). The SMILES string of the molecule is CC(C)(C)[C@H](N)C(=O)N1C[C@H]2[C@@H]([C@H]1C(=O)NC(CC1CCC1)C(=O)C(N)=O)C2(C)C. The predicted octanol–water partition coefficient (Wildman–Crippen LogP) is 0.572. The van der Waals surface area contributed by atoms with Gasteiger partial charge in [0.25, 0.3) is 5.91 Å². The average molecular weight is 421 g/mol. The van der Waals surface area contributed by atoms with Crippen LogP contribution < -0.4 is 16.8 Å². The highest BCUT2D eigenvalue weighted by Crippen LogP contribution is 2.65. The number of rotatable bonds is 7. The summed E-state index contributed by atoms with van der Waals surface area (Å²) in [6, 6.07) is -2.35. The minimum atomic E-state index is -1.04. The van der Waals surface area contributed by atoms with Gasteiger partial charge in [-0.05, 0) is 35.0 Å². The van der Waals surface area contributed by atoms with Crippen molar-refractivity contribution in [2.75, 3.05) is 6.54 Å². The summed E-state index contributed by atoms with van der Waals surface area (Å²) in [5.41, 5.74) is 10.9. The lowest BCUT2D eigenvalue weighted by molar-refractivity contribution is -0.144. The first kappa shape index (κ1) is 22.7. The van der Waals surface area contributed by atoms with Crippen LogP contribution in [0.2, 0.25) is 0 Å². The zero-order valence-corrected chi connectivity index (χ0v) is 18.7. The van der Waals surface area contributed by atoms with E-state index in [1.54, 1.807) is 4.90 Å². The van der Waals surface area contributed by atoms with Crippen molar-refractivity contribution in [3.63, 3.8) is 0 Å². The third kappa shape index (κ3) is 3.98. The molecule has 30 heavy (non-hydrogen) atoms. The summed E-state index contributed by atoms with van der Waals surface area (Å²) < 4.78 is 0. The Hall–Kier alpha value is -1.96. The van der Waals surface area contributed by atoms with Gasteiger partial charge in [0.2, 0.25) is 17.6 Å². The number of nitrogens with one attached hydrogen (secondary N) is 1. The first-order valence-electron chi connectivity index (χ1n) is 11.0. The van der Waals surface area contributed by atoms with Crippen molar-refractivity contribution in [3.8, 4) is 0 Å². The van der Waals surface area contributed by atoms with Gasteiger partial charge in [-0.25, -0.2) is 0 Å². The number of likely N-dealkylation sites (tertiary alicyclic amines) is 1. The summed E-state index contributed by atoms with van der Waals surface area (Å²) in [5, 5.41) is 2.77. The topological polar surface area (TPSA) is 136 Å². The van der Waals surface area contributed by atoms with E-state index in [-0.39, 0.29) is 29.1 Å². The minimum absolute atomic E-state index is 0.0154. The van der Waals surface area contributed by atoms with Crippen LogP contribution in [0.3, 0.4) is 0 Å². The molecule has 8 heteroatoms. The first-order chi connectivity index (χ1) is 13.8. The Bertz CT molecular complexity index is 753. The molecule has 1 unspecified atom stereocenters. The molecule has 0 aromatic carbocycles. The fourth-order valence-electron chi connectivity index (χ4n) is 5.08. The maximum atomic E-state index is 13.3. The number of ketones is 1. The Kier molecular flexibility index (Phi) is 5.77. The van der Waals surface area contributed by atoms with E-state index in [4.69, 9.17) is 11.5 Å². The monoisotopic (exact) mass is 420 g/mol. The van der Waals surface area contributed by atoms with Crippen LogP contribution in [0.4, 0.5) is 0 Å². The number of amides is 3. The minimum Gasteiger partial charge on any atom is -0.363 e. The maximum absolute atomic E-state index is 13.3. The van der Waals surface area contributed by atoms with Crippen molar-refractivity contribution < 1.29 is 19.2 Å². The molecule has 1 aliphatic heterocycles. The molecule has 3 amide bonds. The van der Waals surface area contributed by atoms with E-state index >= 15 is 0 Å². The van der Waals surface area contributed by atoms with Crippen LogP contribution in [0.5, 0.6) is 0 Å². The summed E-state index contributed by atoms with van der Waals surface area (Å²) in [6.07, 6.45) is 3.45. The van der Waals surface area contributed by atoms with E-state index in [0.717, 1.165) is 19.3 Å². The van der Waals surface area contributed by atoms with Crippen molar-refractivity contribution in [1.82, 2.24) is 10.2 Å². The van der Waals surface area contributed by atoms with Crippen LogP contribution in [0, 0.1) is 28.6 Å². The van der Waals surface area contributed by atoms with Gasteiger partial charge in [0.1, 0.15) is 6.04 Å². The molecule has 0 bridgehead atoms. The molecule has 168 valence electrons. The van der Waals surface area contributed by atoms with Crippen molar-refractivity contribution in [3.05, 3.63) is 0 Å². The van der Waals surface area contributed by atoms with Crippen molar-refractivity contribution in [2.45, 2.75) is 78.4 Å². The maximum Gasteiger partial charge on any atom is 0.287 e. The Morgan fingerprint density at radius 2 is 1.77 bits per heavy atom. The number of piperidine rings is 1. The molecule has 3 aliphatic rings. The number of Topliss-reactive ketones (excluding diaryl/α,β-unsaturated/α-hetero) is 1. The van der Waals surface area contributed by atoms with Crippen molar-refractivity contribution in [2.24, 2.45) is 40.1 Å². The molecule has 0 radical (unpaired) electrons. The largest absolute Gasteiger partial charge is 0.363 e. The number of carbonyl (C=O) groups excluding carboxylic acids is 4. The third-order valence-corrected chi connectivity index (χ3v) is 7.63. The molecule has 2 aliphatic carbocycles. The molecule has 8 nitrogen and oxygen atoms in total. The van der Waals surface area contributed by atoms with E-state index in [2.05, 4.69) is 19.2 Å². The normalized spacial score (nSPS) is 29.4. The van der Waals surface area contributed by atoms with Crippen LogP contribution >= 0.6 is 0 Å². The van der Waals surface area contributed by atoms with Gasteiger partial charge >= 0.3 is 0 Å². The smallest absolute Gasteiger partial charge is 0.287 e. The Morgan fingerprint density at radius 1 is 1.17 bits per heavy atom. The van der Waals surface area contributed by atoms with Gasteiger partial charge in [-0.3, -0.25) is 19.2 Å². The van der Waals surface area contributed by atoms with Gasteiger partial charge in [0, 0.05) is 6.54 Å². The van der Waals surface area contributed by atoms with Gasteiger partial charge in [-0.1, -0.05) is 53.9 Å². The van der Waals surface area contributed by atoms with E-state index in [0.29, 0.717) is 18.9 Å². The Morgan fingerprint density at radius 3 is 2.23 bits per heavy atom.